The van der Waals surface area contributed by atoms with Crippen LogP contribution in [0.1, 0.15) is 0 Å². The lowest BCUT2D eigenvalue weighted by atomic mass is 9.97. The molecule has 0 spiro atoms. The molecule has 0 aliphatic rings. The molecule has 6 heteroatoms. The minimum atomic E-state index is 1.06. The van der Waals surface area contributed by atoms with Crippen LogP contribution < -0.4 is 9.80 Å². The van der Waals surface area contributed by atoms with Gasteiger partial charge in [0, 0.05) is 76.9 Å². The number of rotatable bonds is 6. The van der Waals surface area contributed by atoms with Gasteiger partial charge in [-0.15, -0.1) is 22.7 Å². The van der Waals surface area contributed by atoms with Crippen LogP contribution in [0.5, 0.6) is 0 Å². The van der Waals surface area contributed by atoms with Crippen LogP contribution in [0.2, 0.25) is 0 Å². The van der Waals surface area contributed by atoms with Crippen LogP contribution in [0.4, 0.5) is 34.1 Å². The lowest BCUT2D eigenvalue weighted by Crippen LogP contribution is -2.11. The number of fused-ring (bicyclic) bond motifs is 15. The van der Waals surface area contributed by atoms with Crippen LogP contribution in [0, 0.1) is 0 Å². The van der Waals surface area contributed by atoms with E-state index in [-0.39, 0.29) is 0 Å². The molecule has 0 amide bonds. The van der Waals surface area contributed by atoms with Gasteiger partial charge in [-0.25, -0.2) is 9.97 Å². The smallest absolute Gasteiger partial charge is 0.124 e. The van der Waals surface area contributed by atoms with E-state index in [0.29, 0.717) is 0 Å². The maximum Gasteiger partial charge on any atom is 0.124 e. The fourth-order valence-electron chi connectivity index (χ4n) is 11.1. The second-order valence-electron chi connectivity index (χ2n) is 18.1. The van der Waals surface area contributed by atoms with Crippen LogP contribution >= 0.6 is 22.7 Å². The van der Waals surface area contributed by atoms with E-state index in [1.165, 1.54) is 95.6 Å². The molecule has 0 unspecified atom stereocenters. The van der Waals surface area contributed by atoms with Crippen LogP contribution in [0.25, 0.3) is 105 Å². The average Bonchev–Trinajstić information content (AvgIpc) is 3.99. The molecule has 0 bridgehead atoms. The minimum absolute atomic E-state index is 1.06. The number of anilines is 6. The van der Waals surface area contributed by atoms with Gasteiger partial charge in [-0.1, -0.05) is 133 Å². The fraction of sp³-hybridized carbons (Fsp3) is 0. The molecule has 4 nitrogen and oxygen atoms in total. The molecule has 0 atom stereocenters. The lowest BCUT2D eigenvalue weighted by molar-refractivity contribution is 1.31. The predicted molar refractivity (Wildman–Crippen MR) is 302 cm³/mol. The van der Waals surface area contributed by atoms with Crippen molar-refractivity contribution >= 4 is 162 Å². The number of pyridine rings is 2. The highest BCUT2D eigenvalue weighted by Gasteiger charge is 2.22. The Morgan fingerprint density at radius 2 is 0.600 bits per heavy atom. The Bertz CT molecular complexity index is 4350. The molecule has 15 rings (SSSR count). The Balaban J connectivity index is 0.912. The van der Waals surface area contributed by atoms with E-state index in [0.717, 1.165) is 43.8 Å². The van der Waals surface area contributed by atoms with Crippen molar-refractivity contribution in [2.24, 2.45) is 0 Å². The van der Waals surface area contributed by atoms with Gasteiger partial charge < -0.3 is 9.80 Å². The highest BCUT2D eigenvalue weighted by Crippen LogP contribution is 2.48. The molecule has 0 saturated heterocycles. The number of hydrogen-bond donors (Lipinski definition) is 0. The van der Waals surface area contributed by atoms with Gasteiger partial charge in [-0.3, -0.25) is 0 Å². The normalized spacial score (nSPS) is 12.0. The SMILES string of the molecule is c1ccc2c(c1)cc(N(c1ccc3c(ccc4cc(N(c5ccc6c(c5)sc5ncccc56)c5cc6ccccc6c6ccccc56)ccc43)c1)c1ccc3c(c1)sc1ncccc13)c1ccccc12. The molecule has 0 fully saturated rings. The van der Waals surface area contributed by atoms with Crippen LogP contribution in [0.3, 0.4) is 0 Å². The highest BCUT2D eigenvalue weighted by atomic mass is 32.1. The third-order valence-electron chi connectivity index (χ3n) is 14.3. The zero-order chi connectivity index (χ0) is 45.9. The van der Waals surface area contributed by atoms with Crippen molar-refractivity contribution < 1.29 is 0 Å². The molecule has 0 N–H and O–H groups in total. The van der Waals surface area contributed by atoms with Gasteiger partial charge >= 0.3 is 0 Å². The summed E-state index contributed by atoms with van der Waals surface area (Å²) in [5, 5.41) is 19.5. The number of aromatic nitrogens is 2. The summed E-state index contributed by atoms with van der Waals surface area (Å²) in [7, 11) is 0. The molecule has 0 aliphatic heterocycles. The molecule has 11 aromatic carbocycles. The van der Waals surface area contributed by atoms with Gasteiger partial charge in [-0.2, -0.15) is 0 Å². The van der Waals surface area contributed by atoms with E-state index in [4.69, 9.17) is 9.97 Å². The molecule has 0 radical (unpaired) electrons. The van der Waals surface area contributed by atoms with Gasteiger partial charge in [0.05, 0.1) is 11.4 Å². The van der Waals surface area contributed by atoms with E-state index < -0.39 is 0 Å². The molecule has 0 saturated carbocycles. The van der Waals surface area contributed by atoms with E-state index in [1.807, 2.05) is 24.5 Å². The third kappa shape index (κ3) is 6.07. The van der Waals surface area contributed by atoms with Crippen LogP contribution in [0.15, 0.2) is 231 Å². The Labute approximate surface area is 410 Å². The minimum Gasteiger partial charge on any atom is -0.310 e. The first-order chi connectivity index (χ1) is 34.7. The summed E-state index contributed by atoms with van der Waals surface area (Å²) in [6, 6.07) is 80.6. The van der Waals surface area contributed by atoms with Crippen molar-refractivity contribution in [1.82, 2.24) is 9.97 Å². The molecular formula is C64H38N4S2. The van der Waals surface area contributed by atoms with Crippen molar-refractivity contribution in [2.45, 2.75) is 0 Å². The Morgan fingerprint density at radius 3 is 1.06 bits per heavy atom. The molecule has 4 heterocycles. The quantitative estimate of drug-likeness (QED) is 0.156. The second-order valence-corrected chi connectivity index (χ2v) is 20.2. The third-order valence-corrected chi connectivity index (χ3v) is 16.4. The van der Waals surface area contributed by atoms with Gasteiger partial charge in [0.25, 0.3) is 0 Å². The number of hydrogen-bond acceptors (Lipinski definition) is 6. The first-order valence-corrected chi connectivity index (χ1v) is 25.2. The zero-order valence-electron chi connectivity index (χ0n) is 37.5. The summed E-state index contributed by atoms with van der Waals surface area (Å²) in [4.78, 5) is 16.5. The topological polar surface area (TPSA) is 32.3 Å². The fourth-order valence-corrected chi connectivity index (χ4v) is 13.2. The molecule has 4 aromatic heterocycles. The molecule has 0 aliphatic carbocycles. The first kappa shape index (κ1) is 39.3. The van der Waals surface area contributed by atoms with Crippen LogP contribution in [-0.4, -0.2) is 9.97 Å². The molecular weight excluding hydrogens is 889 g/mol. The maximum absolute atomic E-state index is 4.73. The molecule has 70 heavy (non-hydrogen) atoms. The van der Waals surface area contributed by atoms with Crippen LogP contribution in [-0.2, 0) is 0 Å². The highest BCUT2D eigenvalue weighted by molar-refractivity contribution is 7.25. The Morgan fingerprint density at radius 1 is 0.257 bits per heavy atom. The summed E-state index contributed by atoms with van der Waals surface area (Å²) >= 11 is 3.50. The van der Waals surface area contributed by atoms with Gasteiger partial charge in [0.1, 0.15) is 9.66 Å². The standard InChI is InChI=1S/C64H38N4S2/c1-3-13-47-39(11-1)35-59(53-17-7-5-15-51(47)53)67(45-25-29-55-57-19-9-31-65-63(57)69-61(55)37-45)43-23-27-49-41(33-43)21-22-42-34-44(24-28-50(42)49)68(46-26-30-56-58-20-10-32-66-64(58)70-62(56)38-46)60-36-40-12-2-4-14-48(40)52-16-6-8-18-54(52)60/h1-38H. The van der Waals surface area contributed by atoms with E-state index in [2.05, 4.69) is 216 Å². The summed E-state index contributed by atoms with van der Waals surface area (Å²) in [5.74, 6) is 0. The van der Waals surface area contributed by atoms with E-state index in [1.54, 1.807) is 22.7 Å². The largest absolute Gasteiger partial charge is 0.310 e. The molecule has 15 aromatic rings. The summed E-state index contributed by atoms with van der Waals surface area (Å²) in [6.07, 6.45) is 3.78. The summed E-state index contributed by atoms with van der Waals surface area (Å²) < 4.78 is 2.44. The van der Waals surface area contributed by atoms with Gasteiger partial charge in [0.15, 0.2) is 0 Å². The van der Waals surface area contributed by atoms with Crippen molar-refractivity contribution in [3.63, 3.8) is 0 Å². The summed E-state index contributed by atoms with van der Waals surface area (Å²) in [5.41, 5.74) is 6.70. The van der Waals surface area contributed by atoms with E-state index >= 15 is 0 Å². The Hall–Kier alpha value is -8.68. The number of nitrogens with zero attached hydrogens (tertiary/aromatic N) is 4. The second kappa shape index (κ2) is 15.4. The maximum atomic E-state index is 4.73. The Kier molecular flexibility index (Phi) is 8.66. The monoisotopic (exact) mass is 926 g/mol. The van der Waals surface area contributed by atoms with Gasteiger partial charge in [0.2, 0.25) is 0 Å². The molecule has 326 valence electrons. The zero-order valence-corrected chi connectivity index (χ0v) is 39.2. The first-order valence-electron chi connectivity index (χ1n) is 23.6. The van der Waals surface area contributed by atoms with Crippen molar-refractivity contribution in [3.05, 3.63) is 231 Å². The number of thiophene rings is 2. The van der Waals surface area contributed by atoms with Crippen molar-refractivity contribution in [3.8, 4) is 0 Å². The van der Waals surface area contributed by atoms with E-state index in [9.17, 15) is 0 Å². The average molecular weight is 927 g/mol. The van der Waals surface area contributed by atoms with Crippen molar-refractivity contribution in [2.75, 3.05) is 9.80 Å². The summed E-state index contributed by atoms with van der Waals surface area (Å²) in [6.45, 7) is 0. The predicted octanol–water partition coefficient (Wildman–Crippen LogP) is 19.1. The lowest BCUT2D eigenvalue weighted by Gasteiger charge is -2.28. The van der Waals surface area contributed by atoms with Crippen molar-refractivity contribution in [1.29, 1.82) is 0 Å². The number of benzene rings is 11. The van der Waals surface area contributed by atoms with Gasteiger partial charge in [-0.05, 0) is 139 Å².